The molecule has 1 unspecified atom stereocenters. The van der Waals surface area contributed by atoms with Gasteiger partial charge in [0.1, 0.15) is 0 Å². The third kappa shape index (κ3) is 3.30. The minimum Gasteiger partial charge on any atom is -0.390 e. The lowest BCUT2D eigenvalue weighted by atomic mass is 9.75. The van der Waals surface area contributed by atoms with Crippen molar-refractivity contribution in [3.63, 3.8) is 0 Å². The molecule has 20 heavy (non-hydrogen) atoms. The molecule has 0 heterocycles. The molecule has 2 rings (SSSR count). The second-order valence-electron chi connectivity index (χ2n) is 5.87. The summed E-state index contributed by atoms with van der Waals surface area (Å²) in [6.07, 6.45) is 3.78. The predicted octanol–water partition coefficient (Wildman–Crippen LogP) is 4.49. The predicted molar refractivity (Wildman–Crippen MR) is 83.5 cm³/mol. The van der Waals surface area contributed by atoms with Crippen molar-refractivity contribution in [2.45, 2.75) is 50.7 Å². The molecule has 1 fully saturated rings. The second kappa shape index (κ2) is 6.65. The molecule has 1 saturated carbocycles. The van der Waals surface area contributed by atoms with Crippen LogP contribution in [0.3, 0.4) is 0 Å². The number of halogens is 2. The van der Waals surface area contributed by atoms with Gasteiger partial charge in [0.2, 0.25) is 0 Å². The van der Waals surface area contributed by atoms with Crippen LogP contribution < -0.4 is 0 Å². The summed E-state index contributed by atoms with van der Waals surface area (Å²) in [4.78, 5) is 0. The molecular formula is C16H22Cl2O2. The average molecular weight is 317 g/mol. The molecule has 4 heteroatoms. The van der Waals surface area contributed by atoms with Crippen LogP contribution in [0.5, 0.6) is 0 Å². The van der Waals surface area contributed by atoms with Crippen molar-refractivity contribution in [1.82, 2.24) is 0 Å². The standard InChI is InChI=1S/C16H22Cl2O2/c1-11-6-8-16(20-2,9-7-11)15(19)10-12-13(17)4-3-5-14(12)18/h3-5,11,15,19H,6-10H2,1-2H3. The van der Waals surface area contributed by atoms with Gasteiger partial charge >= 0.3 is 0 Å². The molecular weight excluding hydrogens is 295 g/mol. The van der Waals surface area contributed by atoms with Gasteiger partial charge in [-0.25, -0.2) is 0 Å². The molecule has 0 bridgehead atoms. The van der Waals surface area contributed by atoms with E-state index in [-0.39, 0.29) is 0 Å². The lowest BCUT2D eigenvalue weighted by Crippen LogP contribution is -2.48. The van der Waals surface area contributed by atoms with Crippen LogP contribution in [0.2, 0.25) is 10.0 Å². The van der Waals surface area contributed by atoms with Crippen LogP contribution in [0.25, 0.3) is 0 Å². The summed E-state index contributed by atoms with van der Waals surface area (Å²) < 4.78 is 5.70. The molecule has 1 aliphatic carbocycles. The zero-order valence-electron chi connectivity index (χ0n) is 12.0. The Morgan fingerprint density at radius 3 is 2.35 bits per heavy atom. The number of methoxy groups -OCH3 is 1. The summed E-state index contributed by atoms with van der Waals surface area (Å²) >= 11 is 12.4. The fraction of sp³-hybridized carbons (Fsp3) is 0.625. The molecule has 112 valence electrons. The zero-order chi connectivity index (χ0) is 14.8. The minimum absolute atomic E-state index is 0.431. The third-order valence-electron chi connectivity index (χ3n) is 4.59. The first-order valence-electron chi connectivity index (χ1n) is 7.14. The Hall–Kier alpha value is -0.280. The van der Waals surface area contributed by atoms with Gasteiger partial charge in [0.05, 0.1) is 11.7 Å². The van der Waals surface area contributed by atoms with Gasteiger partial charge < -0.3 is 9.84 Å². The first-order chi connectivity index (χ1) is 9.48. The first-order valence-corrected chi connectivity index (χ1v) is 7.90. The maximum absolute atomic E-state index is 10.7. The van der Waals surface area contributed by atoms with Gasteiger partial charge in [-0.05, 0) is 49.3 Å². The number of hydrogen-bond donors (Lipinski definition) is 1. The van der Waals surface area contributed by atoms with Gasteiger partial charge in [-0.2, -0.15) is 0 Å². The van der Waals surface area contributed by atoms with E-state index in [2.05, 4.69) is 6.92 Å². The highest BCUT2D eigenvalue weighted by Gasteiger charge is 2.41. The summed E-state index contributed by atoms with van der Waals surface area (Å²) in [5.41, 5.74) is 0.341. The summed E-state index contributed by atoms with van der Waals surface area (Å²) in [7, 11) is 1.69. The van der Waals surface area contributed by atoms with Crippen molar-refractivity contribution in [2.75, 3.05) is 7.11 Å². The van der Waals surface area contributed by atoms with Crippen molar-refractivity contribution in [2.24, 2.45) is 5.92 Å². The number of aliphatic hydroxyl groups is 1. The van der Waals surface area contributed by atoms with E-state index in [9.17, 15) is 5.11 Å². The van der Waals surface area contributed by atoms with Crippen molar-refractivity contribution >= 4 is 23.2 Å². The van der Waals surface area contributed by atoms with E-state index in [1.165, 1.54) is 0 Å². The zero-order valence-corrected chi connectivity index (χ0v) is 13.5. The van der Waals surface area contributed by atoms with Gasteiger partial charge in [0.15, 0.2) is 0 Å². The lowest BCUT2D eigenvalue weighted by Gasteiger charge is -2.42. The highest BCUT2D eigenvalue weighted by atomic mass is 35.5. The van der Waals surface area contributed by atoms with Crippen LogP contribution >= 0.6 is 23.2 Å². The first kappa shape index (κ1) is 16.1. The summed E-state index contributed by atoms with van der Waals surface area (Å²) in [5.74, 6) is 0.703. The number of hydrogen-bond acceptors (Lipinski definition) is 2. The van der Waals surface area contributed by atoms with Crippen molar-refractivity contribution in [1.29, 1.82) is 0 Å². The number of benzene rings is 1. The van der Waals surface area contributed by atoms with Crippen molar-refractivity contribution in [3.05, 3.63) is 33.8 Å². The van der Waals surface area contributed by atoms with Crippen LogP contribution in [0.4, 0.5) is 0 Å². The Balaban J connectivity index is 2.15. The maximum Gasteiger partial charge on any atom is 0.0939 e. The van der Waals surface area contributed by atoms with Crippen molar-refractivity contribution in [3.8, 4) is 0 Å². The third-order valence-corrected chi connectivity index (χ3v) is 5.30. The Morgan fingerprint density at radius 1 is 1.30 bits per heavy atom. The normalized spacial score (nSPS) is 28.4. The van der Waals surface area contributed by atoms with Crippen LogP contribution in [0.15, 0.2) is 18.2 Å². The molecule has 0 amide bonds. The average Bonchev–Trinajstić information content (AvgIpc) is 2.44. The highest BCUT2D eigenvalue weighted by Crippen LogP contribution is 2.39. The summed E-state index contributed by atoms with van der Waals surface area (Å²) in [6, 6.07) is 5.42. The summed E-state index contributed by atoms with van der Waals surface area (Å²) in [6.45, 7) is 2.25. The Kier molecular flexibility index (Phi) is 5.36. The van der Waals surface area contributed by atoms with Gasteiger partial charge in [0, 0.05) is 23.6 Å². The van der Waals surface area contributed by atoms with E-state index in [0.29, 0.717) is 22.4 Å². The molecule has 1 aromatic carbocycles. The van der Waals surface area contributed by atoms with E-state index >= 15 is 0 Å². The minimum atomic E-state index is -0.586. The molecule has 0 radical (unpaired) electrons. The smallest absolute Gasteiger partial charge is 0.0939 e. The Bertz CT molecular complexity index is 434. The largest absolute Gasteiger partial charge is 0.390 e. The molecule has 0 aliphatic heterocycles. The Labute approximate surface area is 131 Å². The number of ether oxygens (including phenoxy) is 1. The SMILES string of the molecule is COC1(C(O)Cc2c(Cl)cccc2Cl)CCC(C)CC1. The quantitative estimate of drug-likeness (QED) is 0.886. The second-order valence-corrected chi connectivity index (χ2v) is 6.69. The van der Waals surface area contributed by atoms with E-state index < -0.39 is 11.7 Å². The molecule has 0 spiro atoms. The van der Waals surface area contributed by atoms with Crippen molar-refractivity contribution < 1.29 is 9.84 Å². The van der Waals surface area contributed by atoms with Crippen LogP contribution in [0, 0.1) is 5.92 Å². The van der Waals surface area contributed by atoms with E-state index in [0.717, 1.165) is 31.2 Å². The molecule has 0 saturated heterocycles. The molecule has 1 N–H and O–H groups in total. The van der Waals surface area contributed by atoms with E-state index in [4.69, 9.17) is 27.9 Å². The monoisotopic (exact) mass is 316 g/mol. The van der Waals surface area contributed by atoms with Crippen LogP contribution in [-0.2, 0) is 11.2 Å². The van der Waals surface area contributed by atoms with Gasteiger partial charge in [-0.3, -0.25) is 0 Å². The van der Waals surface area contributed by atoms with Crippen LogP contribution in [0.1, 0.15) is 38.2 Å². The van der Waals surface area contributed by atoms with Gasteiger partial charge in [-0.1, -0.05) is 36.2 Å². The fourth-order valence-electron chi connectivity index (χ4n) is 3.03. The molecule has 1 atom stereocenters. The molecule has 1 aromatic rings. The highest BCUT2D eigenvalue weighted by molar-refractivity contribution is 6.36. The van der Waals surface area contributed by atoms with E-state index in [1.807, 2.05) is 6.07 Å². The topological polar surface area (TPSA) is 29.5 Å². The molecule has 0 aromatic heterocycles. The fourth-order valence-corrected chi connectivity index (χ4v) is 3.58. The lowest BCUT2D eigenvalue weighted by molar-refractivity contribution is -0.127. The maximum atomic E-state index is 10.7. The number of aliphatic hydroxyl groups excluding tert-OH is 1. The number of rotatable bonds is 4. The van der Waals surface area contributed by atoms with Crippen LogP contribution in [-0.4, -0.2) is 23.9 Å². The van der Waals surface area contributed by atoms with E-state index in [1.54, 1.807) is 19.2 Å². The van der Waals surface area contributed by atoms with Gasteiger partial charge in [0.25, 0.3) is 0 Å². The molecule has 1 aliphatic rings. The summed E-state index contributed by atoms with van der Waals surface area (Å²) in [5, 5.41) is 11.9. The molecule has 2 nitrogen and oxygen atoms in total. The van der Waals surface area contributed by atoms with Gasteiger partial charge in [-0.15, -0.1) is 0 Å². The Morgan fingerprint density at radius 2 is 1.85 bits per heavy atom.